The molecule has 0 aliphatic heterocycles. The van der Waals surface area contributed by atoms with Crippen molar-refractivity contribution in [1.29, 1.82) is 0 Å². The molecule has 8 aromatic rings. The molecule has 10 rings (SSSR count). The summed E-state index contributed by atoms with van der Waals surface area (Å²) in [5.41, 5.74) is 15.5. The Balaban J connectivity index is 0.000000189. The van der Waals surface area contributed by atoms with Gasteiger partial charge in [-0.15, -0.1) is 0 Å². The lowest BCUT2D eigenvalue weighted by Gasteiger charge is -2.27. The number of aryl methyl sites for hydroxylation is 2. The molecular formula is C47H40N2O. The van der Waals surface area contributed by atoms with Crippen LogP contribution < -0.4 is 0 Å². The minimum Gasteiger partial charge on any atom is -0.460 e. The molecule has 3 heterocycles. The van der Waals surface area contributed by atoms with Crippen LogP contribution in [0.5, 0.6) is 0 Å². The van der Waals surface area contributed by atoms with Crippen molar-refractivity contribution < 1.29 is 4.42 Å². The van der Waals surface area contributed by atoms with E-state index in [0.29, 0.717) is 0 Å². The Morgan fingerprint density at radius 3 is 2.02 bits per heavy atom. The Kier molecular flexibility index (Phi) is 6.89. The van der Waals surface area contributed by atoms with Crippen molar-refractivity contribution in [2.45, 2.75) is 39.0 Å². The first-order chi connectivity index (χ1) is 24.4. The van der Waals surface area contributed by atoms with Gasteiger partial charge in [0, 0.05) is 68.5 Å². The summed E-state index contributed by atoms with van der Waals surface area (Å²) in [5.74, 6) is 1.14. The normalized spacial score (nSPS) is 14.7. The molecule has 0 unspecified atom stereocenters. The van der Waals surface area contributed by atoms with E-state index in [9.17, 15) is 0 Å². The highest BCUT2D eigenvalue weighted by atomic mass is 16.3. The van der Waals surface area contributed by atoms with E-state index in [1.807, 2.05) is 13.0 Å². The van der Waals surface area contributed by atoms with Gasteiger partial charge in [-0.05, 0) is 72.5 Å². The number of hydrogen-bond donors (Lipinski definition) is 0. The van der Waals surface area contributed by atoms with Crippen LogP contribution in [0.3, 0.4) is 0 Å². The summed E-state index contributed by atoms with van der Waals surface area (Å²) in [7, 11) is 2.09. The van der Waals surface area contributed by atoms with Crippen molar-refractivity contribution in [3.05, 3.63) is 167 Å². The van der Waals surface area contributed by atoms with Gasteiger partial charge in [-0.1, -0.05) is 117 Å². The van der Waals surface area contributed by atoms with Gasteiger partial charge in [0.05, 0.1) is 11.0 Å². The van der Waals surface area contributed by atoms with Crippen LogP contribution in [0.4, 0.5) is 0 Å². The molecule has 0 saturated heterocycles. The quantitative estimate of drug-likeness (QED) is 0.187. The SMILES string of the molecule is C=Cc1c(/C=C\C)n(C)c2ccccc12.CC1(C)C2=C(c3ccc(-n4c5ccccc5c5ccccc54)cc31)c1c(oc3ccccc13)CC2. The van der Waals surface area contributed by atoms with Gasteiger partial charge in [-0.2, -0.15) is 0 Å². The second-order valence-corrected chi connectivity index (χ2v) is 14.1. The lowest BCUT2D eigenvalue weighted by atomic mass is 9.77. The van der Waals surface area contributed by atoms with Gasteiger partial charge in [0.25, 0.3) is 0 Å². The number of allylic oxidation sites excluding steroid dienone is 2. The lowest BCUT2D eigenvalue weighted by Crippen LogP contribution is -2.19. The predicted molar refractivity (Wildman–Crippen MR) is 212 cm³/mol. The Hall–Kier alpha value is -5.80. The van der Waals surface area contributed by atoms with Gasteiger partial charge < -0.3 is 13.6 Å². The molecule has 50 heavy (non-hydrogen) atoms. The van der Waals surface area contributed by atoms with Crippen LogP contribution in [0.2, 0.25) is 0 Å². The summed E-state index contributed by atoms with van der Waals surface area (Å²) < 4.78 is 11.0. The van der Waals surface area contributed by atoms with E-state index >= 15 is 0 Å². The highest BCUT2D eigenvalue weighted by Crippen LogP contribution is 2.55. The predicted octanol–water partition coefficient (Wildman–Crippen LogP) is 12.4. The van der Waals surface area contributed by atoms with Gasteiger partial charge in [0.1, 0.15) is 11.3 Å². The first-order valence-electron chi connectivity index (χ1n) is 17.6. The molecule has 2 aliphatic rings. The maximum absolute atomic E-state index is 6.32. The first-order valence-corrected chi connectivity index (χ1v) is 17.6. The molecule has 0 N–H and O–H groups in total. The number of furan rings is 1. The van der Waals surface area contributed by atoms with Gasteiger partial charge >= 0.3 is 0 Å². The molecule has 0 radical (unpaired) electrons. The molecule has 0 spiro atoms. The lowest BCUT2D eigenvalue weighted by molar-refractivity contribution is 0.525. The molecule has 3 nitrogen and oxygen atoms in total. The van der Waals surface area contributed by atoms with Crippen LogP contribution in [-0.4, -0.2) is 9.13 Å². The fourth-order valence-corrected chi connectivity index (χ4v) is 8.77. The van der Waals surface area contributed by atoms with Gasteiger partial charge in [0.15, 0.2) is 0 Å². The summed E-state index contributed by atoms with van der Waals surface area (Å²) in [6, 6.07) is 41.5. The average molecular weight is 649 g/mol. The van der Waals surface area contributed by atoms with Crippen LogP contribution in [0.1, 0.15) is 60.9 Å². The van der Waals surface area contributed by atoms with E-state index < -0.39 is 0 Å². The summed E-state index contributed by atoms with van der Waals surface area (Å²) in [5, 5.41) is 5.11. The number of fused-ring (bicyclic) bond motifs is 10. The second-order valence-electron chi connectivity index (χ2n) is 14.1. The number of benzene rings is 5. The molecule has 3 aromatic heterocycles. The number of nitrogens with zero attached hydrogens (tertiary/aromatic N) is 2. The van der Waals surface area contributed by atoms with Gasteiger partial charge in [0.2, 0.25) is 0 Å². The third kappa shape index (κ3) is 4.29. The van der Waals surface area contributed by atoms with Crippen molar-refractivity contribution in [3.63, 3.8) is 0 Å². The van der Waals surface area contributed by atoms with Crippen molar-refractivity contribution in [3.8, 4) is 5.69 Å². The van der Waals surface area contributed by atoms with Gasteiger partial charge in [-0.25, -0.2) is 0 Å². The molecule has 244 valence electrons. The second kappa shape index (κ2) is 11.4. The molecule has 5 aromatic carbocycles. The zero-order chi connectivity index (χ0) is 34.1. The fourth-order valence-electron chi connectivity index (χ4n) is 8.77. The molecular weight excluding hydrogens is 609 g/mol. The molecule has 2 aliphatic carbocycles. The van der Waals surface area contributed by atoms with Crippen LogP contribution in [0, 0.1) is 0 Å². The topological polar surface area (TPSA) is 23.0 Å². The van der Waals surface area contributed by atoms with E-state index in [0.717, 1.165) is 24.2 Å². The first kappa shape index (κ1) is 30.3. The monoisotopic (exact) mass is 648 g/mol. The van der Waals surface area contributed by atoms with Crippen LogP contribution in [-0.2, 0) is 18.9 Å². The van der Waals surface area contributed by atoms with E-state index in [2.05, 4.69) is 164 Å². The Labute approximate surface area is 293 Å². The minimum absolute atomic E-state index is 0.0184. The maximum atomic E-state index is 6.32. The largest absolute Gasteiger partial charge is 0.460 e. The van der Waals surface area contributed by atoms with Crippen molar-refractivity contribution in [2.75, 3.05) is 0 Å². The Bertz CT molecular complexity index is 2670. The maximum Gasteiger partial charge on any atom is 0.134 e. The molecule has 0 saturated carbocycles. The summed E-state index contributed by atoms with van der Waals surface area (Å²) >= 11 is 0. The smallest absolute Gasteiger partial charge is 0.134 e. The fraction of sp³-hybridized carbons (Fsp3) is 0.149. The van der Waals surface area contributed by atoms with E-state index in [1.165, 1.54) is 77.3 Å². The van der Waals surface area contributed by atoms with Crippen molar-refractivity contribution in [2.24, 2.45) is 7.05 Å². The summed E-state index contributed by atoms with van der Waals surface area (Å²) in [6.45, 7) is 10.7. The van der Waals surface area contributed by atoms with Crippen LogP contribution in [0.15, 0.2) is 138 Å². The van der Waals surface area contributed by atoms with Crippen molar-refractivity contribution in [1.82, 2.24) is 9.13 Å². The molecule has 0 amide bonds. The number of para-hydroxylation sites is 4. The standard InChI is InChI=1S/C33H25NO.C14H15N/c1-33(2)25-17-18-30-32(24-11-5-8-14-29(24)35-30)31(25)23-16-15-20(19-26(23)33)34-27-12-6-3-9-21(27)22-10-4-7-13-28(22)34;1-4-8-13-11(5-2)12-9-6-7-10-14(12)15(13)3/h3-16,19H,17-18H2,1-2H3;4-10H,2H2,1,3H3/b;8-4-. The van der Waals surface area contributed by atoms with Crippen LogP contribution in [0.25, 0.3) is 67.1 Å². The molecule has 0 bridgehead atoms. The molecule has 0 atom stereocenters. The third-order valence-corrected chi connectivity index (χ3v) is 11.1. The van der Waals surface area contributed by atoms with E-state index in [4.69, 9.17) is 4.42 Å². The average Bonchev–Trinajstić information content (AvgIpc) is 3.84. The summed E-state index contributed by atoms with van der Waals surface area (Å²) in [4.78, 5) is 0. The highest BCUT2D eigenvalue weighted by Gasteiger charge is 2.42. The van der Waals surface area contributed by atoms with E-state index in [1.54, 1.807) is 5.57 Å². The molecule has 3 heteroatoms. The highest BCUT2D eigenvalue weighted by molar-refractivity contribution is 6.09. The summed E-state index contributed by atoms with van der Waals surface area (Å²) in [6.07, 6.45) is 8.13. The van der Waals surface area contributed by atoms with Gasteiger partial charge in [-0.3, -0.25) is 0 Å². The van der Waals surface area contributed by atoms with Crippen molar-refractivity contribution >= 4 is 61.4 Å². The Morgan fingerprint density at radius 2 is 1.34 bits per heavy atom. The van der Waals surface area contributed by atoms with E-state index in [-0.39, 0.29) is 5.41 Å². The number of hydrogen-bond acceptors (Lipinski definition) is 1. The Morgan fingerprint density at radius 1 is 0.720 bits per heavy atom. The molecule has 0 fully saturated rings. The third-order valence-electron chi connectivity index (χ3n) is 11.1. The van der Waals surface area contributed by atoms with Crippen LogP contribution >= 0.6 is 0 Å². The zero-order valence-electron chi connectivity index (χ0n) is 29.1. The number of rotatable bonds is 3. The minimum atomic E-state index is -0.0184. The zero-order valence-corrected chi connectivity index (χ0v) is 29.1. The number of aromatic nitrogens is 2.